The topological polar surface area (TPSA) is 95.1 Å². The summed E-state index contributed by atoms with van der Waals surface area (Å²) in [5, 5.41) is 6.61. The minimum Gasteiger partial charge on any atom is -0.386 e. The summed E-state index contributed by atoms with van der Waals surface area (Å²) in [7, 11) is -6.56. The summed E-state index contributed by atoms with van der Waals surface area (Å²) in [6.45, 7) is 17.6. The summed E-state index contributed by atoms with van der Waals surface area (Å²) in [5.74, 6) is 3.38. The Labute approximate surface area is 183 Å². The van der Waals surface area contributed by atoms with Crippen LogP contribution < -0.4 is 10.6 Å². The average molecular weight is 469 g/mol. The molecule has 2 N–H and O–H groups in total. The maximum atomic E-state index is 12.8. The average Bonchev–Trinajstić information content (AvgIpc) is 2.63. The maximum Gasteiger partial charge on any atom is 0.355 e. The quantitative estimate of drug-likeness (QED) is 0.208. The first-order valence-corrected chi connectivity index (χ1v) is 14.0. The van der Waals surface area contributed by atoms with Gasteiger partial charge in [0.1, 0.15) is 0 Å². The smallest absolute Gasteiger partial charge is 0.355 e. The summed E-state index contributed by atoms with van der Waals surface area (Å²) in [6.07, 6.45) is 0. The van der Waals surface area contributed by atoms with Crippen molar-refractivity contribution >= 4 is 15.2 Å². The second-order valence-corrected chi connectivity index (χ2v) is 10.8. The van der Waals surface area contributed by atoms with E-state index < -0.39 is 15.2 Å². The lowest BCUT2D eigenvalue weighted by Crippen LogP contribution is -2.29. The fraction of sp³-hybridized carbons (Fsp3) is 0.800. The molecule has 0 spiro atoms. The van der Waals surface area contributed by atoms with E-state index in [0.717, 1.165) is 11.4 Å². The van der Waals surface area contributed by atoms with Gasteiger partial charge in [-0.3, -0.25) is 9.13 Å². The highest BCUT2D eigenvalue weighted by atomic mass is 31.2. The number of hydrogen-bond acceptors (Lipinski definition) is 8. The van der Waals surface area contributed by atoms with E-state index in [1.54, 1.807) is 39.3 Å². The summed E-state index contributed by atoms with van der Waals surface area (Å²) in [4.78, 5) is 0. The van der Waals surface area contributed by atoms with Crippen LogP contribution in [0.3, 0.4) is 0 Å². The Bertz CT molecular complexity index is 561. The van der Waals surface area contributed by atoms with Gasteiger partial charge in [0.25, 0.3) is 0 Å². The Kier molecular flexibility index (Phi) is 14.9. The lowest BCUT2D eigenvalue weighted by atomic mass is 10.1. The van der Waals surface area contributed by atoms with Gasteiger partial charge in [-0.1, -0.05) is 27.7 Å². The third-order valence-electron chi connectivity index (χ3n) is 3.86. The molecule has 178 valence electrons. The molecule has 0 aromatic heterocycles. The first-order valence-electron chi connectivity index (χ1n) is 10.8. The third kappa shape index (κ3) is 11.7. The van der Waals surface area contributed by atoms with E-state index in [0.29, 0.717) is 39.5 Å². The Balaban J connectivity index is 5.18. The van der Waals surface area contributed by atoms with Gasteiger partial charge in [-0.25, -0.2) is 0 Å². The summed E-state index contributed by atoms with van der Waals surface area (Å²) in [6, 6.07) is 0. The van der Waals surface area contributed by atoms with Crippen molar-refractivity contribution in [1.82, 2.24) is 10.6 Å². The molecular formula is C20H42N2O6P2. The Morgan fingerprint density at radius 3 is 1.13 bits per heavy atom. The van der Waals surface area contributed by atoms with Crippen molar-refractivity contribution in [3.8, 4) is 0 Å². The molecule has 0 rings (SSSR count). The molecule has 0 amide bonds. The third-order valence-corrected chi connectivity index (χ3v) is 7.52. The first-order chi connectivity index (χ1) is 14.1. The largest absolute Gasteiger partial charge is 0.386 e. The van der Waals surface area contributed by atoms with Crippen molar-refractivity contribution in [3.63, 3.8) is 0 Å². The van der Waals surface area contributed by atoms with Gasteiger partial charge in [0.2, 0.25) is 0 Å². The number of hydrogen-bond donors (Lipinski definition) is 2. The van der Waals surface area contributed by atoms with Crippen molar-refractivity contribution in [2.45, 2.75) is 55.4 Å². The van der Waals surface area contributed by atoms with Crippen LogP contribution in [-0.2, 0) is 27.2 Å². The molecule has 10 heteroatoms. The molecule has 0 saturated heterocycles. The zero-order valence-electron chi connectivity index (χ0n) is 19.9. The van der Waals surface area contributed by atoms with Crippen molar-refractivity contribution in [2.24, 2.45) is 11.8 Å². The van der Waals surface area contributed by atoms with Gasteiger partial charge in [-0.2, -0.15) is 0 Å². The lowest BCUT2D eigenvalue weighted by Gasteiger charge is -2.21. The van der Waals surface area contributed by atoms with Gasteiger partial charge in [0, 0.05) is 36.1 Å². The van der Waals surface area contributed by atoms with Crippen LogP contribution in [0.1, 0.15) is 55.4 Å². The molecule has 0 bridgehead atoms. The van der Waals surface area contributed by atoms with E-state index in [2.05, 4.69) is 10.6 Å². The molecule has 0 aliphatic heterocycles. The fourth-order valence-corrected chi connectivity index (χ4v) is 5.84. The zero-order valence-corrected chi connectivity index (χ0v) is 21.7. The van der Waals surface area contributed by atoms with Gasteiger partial charge >= 0.3 is 15.2 Å². The predicted octanol–water partition coefficient (Wildman–Crippen LogP) is 5.69. The molecule has 0 heterocycles. The summed E-state index contributed by atoms with van der Waals surface area (Å²) < 4.78 is 47.0. The number of nitrogens with one attached hydrogen (secondary N) is 2. The van der Waals surface area contributed by atoms with E-state index in [9.17, 15) is 9.13 Å². The van der Waals surface area contributed by atoms with Crippen LogP contribution in [0.25, 0.3) is 0 Å². The van der Waals surface area contributed by atoms with Crippen LogP contribution in [0.4, 0.5) is 0 Å². The highest BCUT2D eigenvalue weighted by Crippen LogP contribution is 2.51. The Hall–Kier alpha value is -0.620. The number of rotatable bonds is 17. The summed E-state index contributed by atoms with van der Waals surface area (Å²) >= 11 is 0. The van der Waals surface area contributed by atoms with Crippen molar-refractivity contribution in [3.05, 3.63) is 23.0 Å². The van der Waals surface area contributed by atoms with E-state index in [4.69, 9.17) is 18.1 Å². The van der Waals surface area contributed by atoms with Crippen LogP contribution in [0.2, 0.25) is 0 Å². The van der Waals surface area contributed by atoms with Gasteiger partial charge in [0.05, 0.1) is 26.4 Å². The van der Waals surface area contributed by atoms with Gasteiger partial charge in [0.15, 0.2) is 0 Å². The standard InChI is InChI=1S/C20H42N2O6P2/c1-9-25-29(23,26-10-2)15-19(17(5)6)21-13-14-22-20(18(7)8)16-30(24,27-11-3)28-12-4/h15-18,21-22H,9-14H2,1-8H3/b19-15+,20-16+. The Morgan fingerprint density at radius 1 is 0.667 bits per heavy atom. The molecule has 30 heavy (non-hydrogen) atoms. The highest BCUT2D eigenvalue weighted by molar-refractivity contribution is 7.57. The van der Waals surface area contributed by atoms with Gasteiger partial charge in [-0.05, 0) is 39.5 Å². The Morgan fingerprint density at radius 2 is 0.933 bits per heavy atom. The van der Waals surface area contributed by atoms with Gasteiger partial charge in [-0.15, -0.1) is 0 Å². The molecule has 0 unspecified atom stereocenters. The monoisotopic (exact) mass is 468 g/mol. The van der Waals surface area contributed by atoms with Crippen LogP contribution >= 0.6 is 15.2 Å². The normalized spacial score (nSPS) is 13.9. The van der Waals surface area contributed by atoms with Crippen LogP contribution in [-0.4, -0.2) is 39.5 Å². The van der Waals surface area contributed by atoms with E-state index in [1.807, 2.05) is 27.7 Å². The fourth-order valence-electron chi connectivity index (χ4n) is 2.50. The molecule has 0 radical (unpaired) electrons. The van der Waals surface area contributed by atoms with Crippen molar-refractivity contribution in [2.75, 3.05) is 39.5 Å². The lowest BCUT2D eigenvalue weighted by molar-refractivity contribution is 0.227. The first kappa shape index (κ1) is 29.4. The van der Waals surface area contributed by atoms with Crippen LogP contribution in [0, 0.1) is 11.8 Å². The molecule has 0 aromatic carbocycles. The molecule has 8 nitrogen and oxygen atoms in total. The molecule has 0 aliphatic rings. The minimum absolute atomic E-state index is 0.121. The van der Waals surface area contributed by atoms with Crippen molar-refractivity contribution in [1.29, 1.82) is 0 Å². The second kappa shape index (κ2) is 15.2. The van der Waals surface area contributed by atoms with E-state index in [1.165, 1.54) is 0 Å². The van der Waals surface area contributed by atoms with Gasteiger partial charge < -0.3 is 28.7 Å². The van der Waals surface area contributed by atoms with E-state index >= 15 is 0 Å². The molecule has 0 aliphatic carbocycles. The van der Waals surface area contributed by atoms with Crippen LogP contribution in [0.5, 0.6) is 0 Å². The maximum absolute atomic E-state index is 12.8. The zero-order chi connectivity index (χ0) is 23.2. The summed E-state index contributed by atoms with van der Waals surface area (Å²) in [5.41, 5.74) is 1.60. The van der Waals surface area contributed by atoms with Crippen LogP contribution in [0.15, 0.2) is 23.0 Å². The van der Waals surface area contributed by atoms with Crippen molar-refractivity contribution < 1.29 is 27.2 Å². The molecule has 0 fully saturated rings. The molecule has 0 atom stereocenters. The predicted molar refractivity (Wildman–Crippen MR) is 124 cm³/mol. The second-order valence-electron chi connectivity index (χ2n) is 7.08. The SMILES string of the molecule is CCOP(=O)(/C=C(/NCCN/C(=C/P(=O)(OCC)OCC)C(C)C)C(C)C)OCC. The number of allylic oxidation sites excluding steroid dienone is 2. The van der Waals surface area contributed by atoms with E-state index in [-0.39, 0.29) is 11.8 Å². The highest BCUT2D eigenvalue weighted by Gasteiger charge is 2.23. The minimum atomic E-state index is -3.28. The molecule has 0 saturated carbocycles. The molecule has 0 aromatic rings. The molecular weight excluding hydrogens is 426 g/mol.